The Morgan fingerprint density at radius 2 is 1.42 bits per heavy atom. The molecule has 0 amide bonds. The molecule has 0 fully saturated rings. The van der Waals surface area contributed by atoms with Gasteiger partial charge in [0, 0.05) is 6.42 Å². The summed E-state index contributed by atoms with van der Waals surface area (Å²) in [5.74, 6) is 0.239. The fourth-order valence-electron chi connectivity index (χ4n) is 2.06. The summed E-state index contributed by atoms with van der Waals surface area (Å²) in [7, 11) is 0. The first-order valence-electron chi connectivity index (χ1n) is 6.58. The van der Waals surface area contributed by atoms with Crippen molar-refractivity contribution in [1.29, 1.82) is 0 Å². The molecule has 1 N–H and O–H groups in total. The average molecular weight is 258 g/mol. The van der Waals surface area contributed by atoms with E-state index in [1.807, 2.05) is 24.3 Å². The van der Waals surface area contributed by atoms with Gasteiger partial charge in [-0.2, -0.15) is 0 Å². The van der Waals surface area contributed by atoms with Crippen LogP contribution in [0, 0.1) is 5.82 Å². The van der Waals surface area contributed by atoms with Gasteiger partial charge in [0.15, 0.2) is 0 Å². The lowest BCUT2D eigenvalue weighted by Crippen LogP contribution is -2.02. The van der Waals surface area contributed by atoms with Crippen molar-refractivity contribution in [3.05, 3.63) is 71.0 Å². The van der Waals surface area contributed by atoms with E-state index >= 15 is 0 Å². The number of aliphatic hydroxyl groups is 1. The molecule has 2 aromatic carbocycles. The van der Waals surface area contributed by atoms with Gasteiger partial charge in [0.25, 0.3) is 0 Å². The molecule has 0 aliphatic heterocycles. The van der Waals surface area contributed by atoms with Gasteiger partial charge in [-0.15, -0.1) is 0 Å². The highest BCUT2D eigenvalue weighted by Gasteiger charge is 2.09. The smallest absolute Gasteiger partial charge is 0.123 e. The lowest BCUT2D eigenvalue weighted by Gasteiger charge is -2.13. The van der Waals surface area contributed by atoms with Gasteiger partial charge in [-0.25, -0.2) is 4.39 Å². The summed E-state index contributed by atoms with van der Waals surface area (Å²) < 4.78 is 12.8. The number of hydrogen-bond acceptors (Lipinski definition) is 1. The van der Waals surface area contributed by atoms with Crippen LogP contribution in [0.5, 0.6) is 0 Å². The zero-order valence-electron chi connectivity index (χ0n) is 11.3. The van der Waals surface area contributed by atoms with E-state index in [9.17, 15) is 9.50 Å². The van der Waals surface area contributed by atoms with Gasteiger partial charge in [-0.1, -0.05) is 50.2 Å². The van der Waals surface area contributed by atoms with Crippen LogP contribution in [0.3, 0.4) is 0 Å². The molecular formula is C17H19FO. The van der Waals surface area contributed by atoms with Crippen LogP contribution in [-0.4, -0.2) is 5.11 Å². The second kappa shape index (κ2) is 5.98. The van der Waals surface area contributed by atoms with Crippen LogP contribution < -0.4 is 0 Å². The Bertz CT molecular complexity index is 514. The van der Waals surface area contributed by atoms with E-state index < -0.39 is 6.10 Å². The zero-order valence-corrected chi connectivity index (χ0v) is 11.3. The van der Waals surface area contributed by atoms with E-state index in [0.29, 0.717) is 12.3 Å². The van der Waals surface area contributed by atoms with Crippen LogP contribution in [0.1, 0.15) is 42.6 Å². The third-order valence-electron chi connectivity index (χ3n) is 3.33. The molecule has 1 nitrogen and oxygen atoms in total. The highest BCUT2D eigenvalue weighted by Crippen LogP contribution is 2.21. The highest BCUT2D eigenvalue weighted by molar-refractivity contribution is 5.27. The predicted molar refractivity (Wildman–Crippen MR) is 75.6 cm³/mol. The molecular weight excluding hydrogens is 239 g/mol. The molecule has 0 aliphatic rings. The molecule has 0 saturated carbocycles. The predicted octanol–water partition coefficient (Wildman–Crippen LogP) is 4.23. The molecule has 1 atom stereocenters. The second-order valence-corrected chi connectivity index (χ2v) is 5.17. The van der Waals surface area contributed by atoms with Gasteiger partial charge < -0.3 is 5.11 Å². The van der Waals surface area contributed by atoms with E-state index in [0.717, 1.165) is 11.1 Å². The van der Waals surface area contributed by atoms with Gasteiger partial charge >= 0.3 is 0 Å². The van der Waals surface area contributed by atoms with Crippen molar-refractivity contribution in [3.8, 4) is 0 Å². The molecule has 2 rings (SSSR count). The fraction of sp³-hybridized carbons (Fsp3) is 0.294. The van der Waals surface area contributed by atoms with Gasteiger partial charge in [0.2, 0.25) is 0 Å². The van der Waals surface area contributed by atoms with Crippen molar-refractivity contribution in [2.45, 2.75) is 32.3 Å². The standard InChI is InChI=1S/C17H19FO/c1-12(2)14-5-7-15(8-6-14)17(19)11-13-3-9-16(18)10-4-13/h3-10,12,17,19H,11H2,1-2H3. The Balaban J connectivity index is 2.07. The Morgan fingerprint density at radius 1 is 0.895 bits per heavy atom. The van der Waals surface area contributed by atoms with Crippen molar-refractivity contribution in [1.82, 2.24) is 0 Å². The Morgan fingerprint density at radius 3 is 1.95 bits per heavy atom. The third-order valence-corrected chi connectivity index (χ3v) is 3.33. The molecule has 1 unspecified atom stereocenters. The zero-order chi connectivity index (χ0) is 13.8. The van der Waals surface area contributed by atoms with Crippen molar-refractivity contribution in [2.75, 3.05) is 0 Å². The van der Waals surface area contributed by atoms with Crippen molar-refractivity contribution < 1.29 is 9.50 Å². The Labute approximate surface area is 113 Å². The van der Waals surface area contributed by atoms with Crippen LogP contribution in [0.2, 0.25) is 0 Å². The van der Waals surface area contributed by atoms with Crippen LogP contribution in [0.4, 0.5) is 4.39 Å². The maximum atomic E-state index is 12.8. The van der Waals surface area contributed by atoms with E-state index in [1.165, 1.54) is 17.7 Å². The van der Waals surface area contributed by atoms with Crippen LogP contribution >= 0.6 is 0 Å². The minimum atomic E-state index is -0.549. The third kappa shape index (κ3) is 3.65. The maximum absolute atomic E-state index is 12.8. The SMILES string of the molecule is CC(C)c1ccc(C(O)Cc2ccc(F)cc2)cc1. The highest BCUT2D eigenvalue weighted by atomic mass is 19.1. The van der Waals surface area contributed by atoms with Gasteiger partial charge in [-0.3, -0.25) is 0 Å². The van der Waals surface area contributed by atoms with E-state index in [1.54, 1.807) is 12.1 Å². The van der Waals surface area contributed by atoms with Crippen molar-refractivity contribution in [3.63, 3.8) is 0 Å². The topological polar surface area (TPSA) is 20.2 Å². The molecule has 0 heterocycles. The summed E-state index contributed by atoms with van der Waals surface area (Å²) >= 11 is 0. The maximum Gasteiger partial charge on any atom is 0.123 e. The number of rotatable bonds is 4. The quantitative estimate of drug-likeness (QED) is 0.870. The van der Waals surface area contributed by atoms with Crippen LogP contribution in [0.25, 0.3) is 0 Å². The van der Waals surface area contributed by atoms with Gasteiger partial charge in [-0.05, 0) is 34.7 Å². The summed E-state index contributed by atoms with van der Waals surface area (Å²) in [6.07, 6.45) is -0.0481. The molecule has 2 aromatic rings. The fourth-order valence-corrected chi connectivity index (χ4v) is 2.06. The number of hydrogen-bond donors (Lipinski definition) is 1. The number of halogens is 1. The Kier molecular flexibility index (Phi) is 4.33. The van der Waals surface area contributed by atoms with E-state index in [2.05, 4.69) is 13.8 Å². The average Bonchev–Trinajstić information content (AvgIpc) is 2.41. The number of aliphatic hydroxyl groups excluding tert-OH is 1. The lowest BCUT2D eigenvalue weighted by molar-refractivity contribution is 0.178. The first kappa shape index (κ1) is 13.8. The minimum absolute atomic E-state index is 0.250. The summed E-state index contributed by atoms with van der Waals surface area (Å²) in [5, 5.41) is 10.2. The molecule has 0 saturated heterocycles. The second-order valence-electron chi connectivity index (χ2n) is 5.17. The summed E-state index contributed by atoms with van der Waals surface area (Å²) in [4.78, 5) is 0. The van der Waals surface area contributed by atoms with Crippen molar-refractivity contribution in [2.24, 2.45) is 0 Å². The molecule has 100 valence electrons. The molecule has 0 spiro atoms. The van der Waals surface area contributed by atoms with Crippen molar-refractivity contribution >= 4 is 0 Å². The van der Waals surface area contributed by atoms with Gasteiger partial charge in [0.05, 0.1) is 6.10 Å². The molecule has 0 aliphatic carbocycles. The largest absolute Gasteiger partial charge is 0.388 e. The van der Waals surface area contributed by atoms with Crippen LogP contribution in [0.15, 0.2) is 48.5 Å². The minimum Gasteiger partial charge on any atom is -0.388 e. The lowest BCUT2D eigenvalue weighted by atomic mass is 9.97. The van der Waals surface area contributed by atoms with Crippen LogP contribution in [-0.2, 0) is 6.42 Å². The molecule has 2 heteroatoms. The molecule has 0 bridgehead atoms. The summed E-state index contributed by atoms with van der Waals surface area (Å²) in [5.41, 5.74) is 3.09. The molecule has 19 heavy (non-hydrogen) atoms. The van der Waals surface area contributed by atoms with E-state index in [-0.39, 0.29) is 5.82 Å². The Hall–Kier alpha value is -1.67. The normalized spacial score (nSPS) is 12.7. The van der Waals surface area contributed by atoms with Gasteiger partial charge in [0.1, 0.15) is 5.82 Å². The number of benzene rings is 2. The molecule has 0 radical (unpaired) electrons. The summed E-state index contributed by atoms with van der Waals surface area (Å²) in [6, 6.07) is 14.3. The first-order chi connectivity index (χ1) is 9.06. The monoisotopic (exact) mass is 258 g/mol. The van der Waals surface area contributed by atoms with E-state index in [4.69, 9.17) is 0 Å². The molecule has 0 aromatic heterocycles. The summed E-state index contributed by atoms with van der Waals surface area (Å²) in [6.45, 7) is 4.29. The first-order valence-corrected chi connectivity index (χ1v) is 6.58.